The van der Waals surface area contributed by atoms with Crippen LogP contribution in [-0.2, 0) is 6.54 Å². The lowest BCUT2D eigenvalue weighted by Crippen LogP contribution is -2.25. The Morgan fingerprint density at radius 2 is 1.88 bits per heavy atom. The molecule has 0 saturated carbocycles. The summed E-state index contributed by atoms with van der Waals surface area (Å²) >= 11 is 1.39. The number of nitrogens with zero attached hydrogens (tertiary/aromatic N) is 3. The number of hydrogen-bond donors (Lipinski definition) is 0. The van der Waals surface area contributed by atoms with Crippen molar-refractivity contribution in [1.29, 1.82) is 0 Å². The Balaban J connectivity index is 1.73. The van der Waals surface area contributed by atoms with Crippen LogP contribution in [0.2, 0.25) is 0 Å². The largest absolute Gasteiger partial charge is 0.497 e. The van der Waals surface area contributed by atoms with Crippen molar-refractivity contribution >= 4 is 17.2 Å². The van der Waals surface area contributed by atoms with Crippen molar-refractivity contribution in [3.63, 3.8) is 0 Å². The van der Waals surface area contributed by atoms with Gasteiger partial charge in [0.1, 0.15) is 15.6 Å². The first kappa shape index (κ1) is 16.1. The van der Waals surface area contributed by atoms with Crippen molar-refractivity contribution in [3.05, 3.63) is 65.4 Å². The van der Waals surface area contributed by atoms with Crippen molar-refractivity contribution < 1.29 is 9.53 Å². The number of methoxy groups -OCH3 is 1. The van der Waals surface area contributed by atoms with E-state index in [0.29, 0.717) is 11.4 Å². The Morgan fingerprint density at radius 3 is 2.54 bits per heavy atom. The number of carbonyl (C=O) groups excluding carboxylic acids is 1. The van der Waals surface area contributed by atoms with E-state index in [-0.39, 0.29) is 5.91 Å². The zero-order chi connectivity index (χ0) is 16.9. The van der Waals surface area contributed by atoms with Crippen LogP contribution in [0.1, 0.15) is 15.2 Å². The first-order chi connectivity index (χ1) is 11.7. The standard InChI is InChI=1S/C18H17N3O2S/c1-21(12-13-7-9-19-10-8-13)18(22)16-11-20-17(24-16)14-3-5-15(23-2)6-4-14/h3-11H,12H2,1-2H3. The summed E-state index contributed by atoms with van der Waals surface area (Å²) in [4.78, 5) is 23.2. The van der Waals surface area contributed by atoms with Gasteiger partial charge in [-0.25, -0.2) is 4.98 Å². The van der Waals surface area contributed by atoms with Crippen LogP contribution in [0, 0.1) is 0 Å². The minimum Gasteiger partial charge on any atom is -0.497 e. The predicted octanol–water partition coefficient (Wildman–Crippen LogP) is 3.49. The van der Waals surface area contributed by atoms with Crippen LogP contribution in [0.25, 0.3) is 10.6 Å². The summed E-state index contributed by atoms with van der Waals surface area (Å²) in [6.07, 6.45) is 5.08. The average Bonchev–Trinajstić information content (AvgIpc) is 3.12. The fourth-order valence-corrected chi connectivity index (χ4v) is 3.18. The number of ether oxygens (including phenoxy) is 1. The van der Waals surface area contributed by atoms with Gasteiger partial charge < -0.3 is 9.64 Å². The minimum absolute atomic E-state index is 0.0379. The summed E-state index contributed by atoms with van der Waals surface area (Å²) in [6, 6.07) is 11.4. The highest BCUT2D eigenvalue weighted by Crippen LogP contribution is 2.27. The molecular weight excluding hydrogens is 322 g/mol. The van der Waals surface area contributed by atoms with E-state index in [1.807, 2.05) is 36.4 Å². The summed E-state index contributed by atoms with van der Waals surface area (Å²) < 4.78 is 5.15. The highest BCUT2D eigenvalue weighted by molar-refractivity contribution is 7.16. The molecule has 0 fully saturated rings. The van der Waals surface area contributed by atoms with Crippen molar-refractivity contribution in [2.24, 2.45) is 0 Å². The van der Waals surface area contributed by atoms with E-state index < -0.39 is 0 Å². The van der Waals surface area contributed by atoms with Crippen LogP contribution in [0.5, 0.6) is 5.75 Å². The second-order valence-electron chi connectivity index (χ2n) is 5.27. The van der Waals surface area contributed by atoms with Gasteiger partial charge >= 0.3 is 0 Å². The van der Waals surface area contributed by atoms with E-state index in [1.54, 1.807) is 37.6 Å². The molecule has 0 aliphatic carbocycles. The highest BCUT2D eigenvalue weighted by atomic mass is 32.1. The minimum atomic E-state index is -0.0379. The van der Waals surface area contributed by atoms with Gasteiger partial charge in [-0.15, -0.1) is 11.3 Å². The maximum absolute atomic E-state index is 12.6. The fraction of sp³-hybridized carbons (Fsp3) is 0.167. The lowest BCUT2D eigenvalue weighted by molar-refractivity contribution is 0.0789. The molecule has 0 saturated heterocycles. The Hall–Kier alpha value is -2.73. The lowest BCUT2D eigenvalue weighted by atomic mass is 10.2. The number of thiazole rings is 1. The van der Waals surface area contributed by atoms with E-state index in [1.165, 1.54) is 11.3 Å². The number of aromatic nitrogens is 2. The molecule has 24 heavy (non-hydrogen) atoms. The van der Waals surface area contributed by atoms with Crippen molar-refractivity contribution in [2.75, 3.05) is 14.2 Å². The van der Waals surface area contributed by atoms with Crippen LogP contribution in [0.15, 0.2) is 55.0 Å². The SMILES string of the molecule is COc1ccc(-c2ncc(C(=O)N(C)Cc3ccncc3)s2)cc1. The number of amides is 1. The Kier molecular flexibility index (Phi) is 4.86. The van der Waals surface area contributed by atoms with Gasteiger partial charge in [0.2, 0.25) is 0 Å². The first-order valence-corrected chi connectivity index (χ1v) is 8.23. The number of rotatable bonds is 5. The van der Waals surface area contributed by atoms with Gasteiger partial charge in [-0.2, -0.15) is 0 Å². The second-order valence-corrected chi connectivity index (χ2v) is 6.31. The summed E-state index contributed by atoms with van der Waals surface area (Å²) in [6.45, 7) is 0.539. The molecule has 0 spiro atoms. The highest BCUT2D eigenvalue weighted by Gasteiger charge is 2.16. The third-order valence-electron chi connectivity index (χ3n) is 3.57. The van der Waals surface area contributed by atoms with Crippen LogP contribution in [0.3, 0.4) is 0 Å². The van der Waals surface area contributed by atoms with E-state index >= 15 is 0 Å². The number of benzene rings is 1. The number of hydrogen-bond acceptors (Lipinski definition) is 5. The average molecular weight is 339 g/mol. The zero-order valence-corrected chi connectivity index (χ0v) is 14.3. The molecule has 6 heteroatoms. The molecule has 2 heterocycles. The second kappa shape index (κ2) is 7.23. The first-order valence-electron chi connectivity index (χ1n) is 7.42. The number of carbonyl (C=O) groups is 1. The molecule has 0 aliphatic heterocycles. The summed E-state index contributed by atoms with van der Waals surface area (Å²) in [5.41, 5.74) is 2.01. The van der Waals surface area contributed by atoms with E-state index in [4.69, 9.17) is 4.74 Å². The topological polar surface area (TPSA) is 55.3 Å². The monoisotopic (exact) mass is 339 g/mol. The molecule has 5 nitrogen and oxygen atoms in total. The molecule has 3 rings (SSSR count). The van der Waals surface area contributed by atoms with Gasteiger partial charge in [0.25, 0.3) is 5.91 Å². The summed E-state index contributed by atoms with van der Waals surface area (Å²) in [5, 5.41) is 0.818. The van der Waals surface area contributed by atoms with Gasteiger partial charge in [0.05, 0.1) is 13.3 Å². The fourth-order valence-electron chi connectivity index (χ4n) is 2.26. The molecule has 3 aromatic rings. The maximum atomic E-state index is 12.6. The normalized spacial score (nSPS) is 10.4. The molecule has 0 radical (unpaired) electrons. The molecular formula is C18H17N3O2S. The van der Waals surface area contributed by atoms with Gasteiger partial charge in [0.15, 0.2) is 0 Å². The van der Waals surface area contributed by atoms with Crippen LogP contribution >= 0.6 is 11.3 Å². The molecule has 122 valence electrons. The Bertz CT molecular complexity index is 816. The van der Waals surface area contributed by atoms with E-state index in [0.717, 1.165) is 21.9 Å². The molecule has 1 aromatic carbocycles. The molecule has 0 N–H and O–H groups in total. The third-order valence-corrected chi connectivity index (χ3v) is 4.60. The van der Waals surface area contributed by atoms with Crippen LogP contribution < -0.4 is 4.74 Å². The predicted molar refractivity (Wildman–Crippen MR) is 94.1 cm³/mol. The molecule has 2 aromatic heterocycles. The molecule has 0 atom stereocenters. The number of pyridine rings is 1. The summed E-state index contributed by atoms with van der Waals surface area (Å²) in [7, 11) is 3.42. The maximum Gasteiger partial charge on any atom is 0.265 e. The van der Waals surface area contributed by atoms with Crippen molar-refractivity contribution in [2.45, 2.75) is 6.54 Å². The van der Waals surface area contributed by atoms with Gasteiger partial charge in [-0.05, 0) is 42.0 Å². The lowest BCUT2D eigenvalue weighted by Gasteiger charge is -2.15. The molecule has 0 aliphatic rings. The van der Waals surface area contributed by atoms with E-state index in [9.17, 15) is 4.79 Å². The summed E-state index contributed by atoms with van der Waals surface area (Å²) in [5.74, 6) is 0.757. The van der Waals surface area contributed by atoms with Gasteiger partial charge in [0, 0.05) is 31.5 Å². The van der Waals surface area contributed by atoms with Crippen molar-refractivity contribution in [3.8, 4) is 16.3 Å². The van der Waals surface area contributed by atoms with Crippen molar-refractivity contribution in [1.82, 2.24) is 14.9 Å². The molecule has 0 unspecified atom stereocenters. The smallest absolute Gasteiger partial charge is 0.265 e. The molecule has 1 amide bonds. The third kappa shape index (κ3) is 3.60. The quantitative estimate of drug-likeness (QED) is 0.714. The van der Waals surface area contributed by atoms with E-state index in [2.05, 4.69) is 9.97 Å². The van der Waals surface area contributed by atoms with Crippen LogP contribution in [-0.4, -0.2) is 34.9 Å². The molecule has 0 bridgehead atoms. The van der Waals surface area contributed by atoms with Crippen LogP contribution in [0.4, 0.5) is 0 Å². The van der Waals surface area contributed by atoms with Gasteiger partial charge in [-0.3, -0.25) is 9.78 Å². The Morgan fingerprint density at radius 1 is 1.17 bits per heavy atom. The van der Waals surface area contributed by atoms with Gasteiger partial charge in [-0.1, -0.05) is 0 Å². The zero-order valence-electron chi connectivity index (χ0n) is 13.5. The Labute approximate surface area is 144 Å².